The van der Waals surface area contributed by atoms with Crippen LogP contribution < -0.4 is 0 Å². The second kappa shape index (κ2) is 8.95. The Bertz CT molecular complexity index is 148. The van der Waals surface area contributed by atoms with Crippen molar-refractivity contribution in [2.45, 2.75) is 20.8 Å². The fourth-order valence-electron chi connectivity index (χ4n) is 0.235. The maximum Gasteiger partial charge on any atom is 0.129 e. The third-order valence-electron chi connectivity index (χ3n) is 0.691. The van der Waals surface area contributed by atoms with Gasteiger partial charge in [0, 0.05) is 5.70 Å². The maximum absolute atomic E-state index is 4.72. The van der Waals surface area contributed by atoms with Crippen LogP contribution in [-0.4, -0.2) is 13.3 Å². The molecule has 0 heterocycles. The summed E-state index contributed by atoms with van der Waals surface area (Å²) in [7, 11) is 1.55. The van der Waals surface area contributed by atoms with Gasteiger partial charge in [-0.25, -0.2) is 0 Å². The van der Waals surface area contributed by atoms with E-state index in [1.54, 1.807) is 14.0 Å². The molecule has 2 heteroatoms. The van der Waals surface area contributed by atoms with Crippen LogP contribution in [-0.2, 0) is 4.74 Å². The summed E-state index contributed by atoms with van der Waals surface area (Å²) < 4.78 is 4.72. The van der Waals surface area contributed by atoms with E-state index >= 15 is 0 Å². The Morgan fingerprint density at radius 3 is 2.09 bits per heavy atom. The van der Waals surface area contributed by atoms with Crippen LogP contribution in [0.3, 0.4) is 0 Å². The predicted octanol–water partition coefficient (Wildman–Crippen LogP) is 2.78. The fourth-order valence-corrected chi connectivity index (χ4v) is 0.235. The van der Waals surface area contributed by atoms with E-state index in [-0.39, 0.29) is 0 Å². The summed E-state index contributed by atoms with van der Waals surface area (Å²) in [6.07, 6.45) is 1.53. The predicted molar refractivity (Wildman–Crippen MR) is 50.8 cm³/mol. The molecule has 0 aliphatic rings. The molecule has 0 aromatic carbocycles. The monoisotopic (exact) mass is 155 g/mol. The summed E-state index contributed by atoms with van der Waals surface area (Å²) in [4.78, 5) is 3.85. The summed E-state index contributed by atoms with van der Waals surface area (Å²) in [5.41, 5.74) is 0.744. The number of hydrogen-bond acceptors (Lipinski definition) is 2. The highest BCUT2D eigenvalue weighted by atomic mass is 16.5. The van der Waals surface area contributed by atoms with Crippen LogP contribution in [0.4, 0.5) is 0 Å². The number of rotatable bonds is 3. The van der Waals surface area contributed by atoms with Gasteiger partial charge in [0.05, 0.1) is 13.3 Å². The molecule has 0 rings (SSSR count). The Balaban J connectivity index is 0. The van der Waals surface area contributed by atoms with Crippen molar-refractivity contribution < 1.29 is 4.74 Å². The number of allylic oxidation sites excluding steroid dienone is 2. The van der Waals surface area contributed by atoms with E-state index < -0.39 is 0 Å². The lowest BCUT2D eigenvalue weighted by atomic mass is 10.5. The van der Waals surface area contributed by atoms with Gasteiger partial charge < -0.3 is 4.74 Å². The molecule has 0 N–H and O–H groups in total. The minimum Gasteiger partial charge on any atom is -0.496 e. The number of nitrogens with zero attached hydrogens (tertiary/aromatic N) is 1. The quantitative estimate of drug-likeness (QED) is 0.453. The summed E-state index contributed by atoms with van der Waals surface area (Å²) in [5.74, 6) is 0.540. The number of aliphatic imine (C=N–C) groups is 1. The van der Waals surface area contributed by atoms with Crippen LogP contribution in [0.15, 0.2) is 29.6 Å². The largest absolute Gasteiger partial charge is 0.496 e. The van der Waals surface area contributed by atoms with Gasteiger partial charge in [0.1, 0.15) is 5.76 Å². The normalized spacial score (nSPS) is 8.36. The second-order valence-corrected chi connectivity index (χ2v) is 1.66. The van der Waals surface area contributed by atoms with Crippen LogP contribution in [0.5, 0.6) is 0 Å². The van der Waals surface area contributed by atoms with Crippen LogP contribution in [0.1, 0.15) is 20.8 Å². The molecule has 0 spiro atoms. The van der Waals surface area contributed by atoms with Crippen LogP contribution in [0.2, 0.25) is 0 Å². The molecule has 0 unspecified atom stereocenters. The molecular weight excluding hydrogens is 138 g/mol. The zero-order valence-electron chi connectivity index (χ0n) is 7.85. The molecule has 0 radical (unpaired) electrons. The van der Waals surface area contributed by atoms with Crippen LogP contribution in [0, 0.1) is 0 Å². The van der Waals surface area contributed by atoms with Crippen molar-refractivity contribution in [2.24, 2.45) is 4.99 Å². The zero-order valence-corrected chi connectivity index (χ0v) is 7.85. The van der Waals surface area contributed by atoms with Crippen molar-refractivity contribution in [3.05, 3.63) is 24.6 Å². The molecule has 64 valence electrons. The third kappa shape index (κ3) is 12.2. The number of ether oxygens (including phenoxy) is 1. The Morgan fingerprint density at radius 1 is 1.36 bits per heavy atom. The van der Waals surface area contributed by atoms with Crippen molar-refractivity contribution in [3.63, 3.8) is 0 Å². The van der Waals surface area contributed by atoms with Gasteiger partial charge in [-0.2, -0.15) is 0 Å². The summed E-state index contributed by atoms with van der Waals surface area (Å²) in [6, 6.07) is 0. The molecule has 0 saturated heterocycles. The number of hydrogen-bond donors (Lipinski definition) is 0. The van der Waals surface area contributed by atoms with Crippen LogP contribution in [0.25, 0.3) is 0 Å². The Labute approximate surface area is 69.3 Å². The molecule has 0 bridgehead atoms. The van der Waals surface area contributed by atoms with Gasteiger partial charge in [-0.15, -0.1) is 0 Å². The van der Waals surface area contributed by atoms with E-state index in [0.29, 0.717) is 5.76 Å². The molecule has 0 aliphatic heterocycles. The van der Waals surface area contributed by atoms with E-state index in [1.807, 2.05) is 13.8 Å². The lowest BCUT2D eigenvalue weighted by molar-refractivity contribution is 0.319. The molecule has 2 nitrogen and oxygen atoms in total. The van der Waals surface area contributed by atoms with E-state index in [1.165, 1.54) is 6.21 Å². The van der Waals surface area contributed by atoms with E-state index in [9.17, 15) is 0 Å². The van der Waals surface area contributed by atoms with Gasteiger partial charge in [-0.1, -0.05) is 27.0 Å². The average Bonchev–Trinajstić information content (AvgIpc) is 2.04. The van der Waals surface area contributed by atoms with E-state index in [2.05, 4.69) is 18.2 Å². The first-order valence-corrected chi connectivity index (χ1v) is 3.59. The highest BCUT2D eigenvalue weighted by Gasteiger charge is 1.80. The first kappa shape index (κ1) is 12.6. The zero-order chi connectivity index (χ0) is 9.28. The van der Waals surface area contributed by atoms with Crippen molar-refractivity contribution in [1.82, 2.24) is 0 Å². The average molecular weight is 155 g/mol. The molecule has 0 amide bonds. The van der Waals surface area contributed by atoms with Crippen molar-refractivity contribution in [1.29, 1.82) is 0 Å². The maximum atomic E-state index is 4.72. The Hall–Kier alpha value is -1.05. The lowest BCUT2D eigenvalue weighted by Gasteiger charge is -1.93. The molecule has 0 aromatic heterocycles. The molecule has 0 aromatic rings. The molecule has 0 atom stereocenters. The smallest absolute Gasteiger partial charge is 0.129 e. The van der Waals surface area contributed by atoms with Gasteiger partial charge in [-0.3, -0.25) is 4.99 Å². The van der Waals surface area contributed by atoms with E-state index in [0.717, 1.165) is 5.70 Å². The summed E-state index contributed by atoms with van der Waals surface area (Å²) in [5, 5.41) is 0. The SMILES string of the molecule is C=C(C)N=CC(=C)OC.CC. The van der Waals surface area contributed by atoms with Gasteiger partial charge in [0.25, 0.3) is 0 Å². The minimum atomic E-state index is 0.540. The van der Waals surface area contributed by atoms with Gasteiger partial charge in [0.2, 0.25) is 0 Å². The van der Waals surface area contributed by atoms with Gasteiger partial charge in [0.15, 0.2) is 0 Å². The summed E-state index contributed by atoms with van der Waals surface area (Å²) >= 11 is 0. The van der Waals surface area contributed by atoms with Gasteiger partial charge in [-0.05, 0) is 6.92 Å². The van der Waals surface area contributed by atoms with Crippen molar-refractivity contribution >= 4 is 6.21 Å². The first-order valence-electron chi connectivity index (χ1n) is 3.59. The summed E-state index contributed by atoms with van der Waals surface area (Å²) in [6.45, 7) is 12.9. The second-order valence-electron chi connectivity index (χ2n) is 1.66. The molecule has 0 saturated carbocycles. The topological polar surface area (TPSA) is 21.6 Å². The standard InChI is InChI=1S/C7H11NO.C2H6/c1-6(2)8-5-7(3)9-4;1-2/h5H,1,3H2,2,4H3;1-2H3. The van der Waals surface area contributed by atoms with E-state index in [4.69, 9.17) is 4.74 Å². The molecule has 11 heavy (non-hydrogen) atoms. The fraction of sp³-hybridized carbons (Fsp3) is 0.444. The Kier molecular flexibility index (Phi) is 10.3. The highest BCUT2D eigenvalue weighted by molar-refractivity contribution is 5.75. The van der Waals surface area contributed by atoms with Gasteiger partial charge >= 0.3 is 0 Å². The lowest BCUT2D eigenvalue weighted by Crippen LogP contribution is -1.83. The third-order valence-corrected chi connectivity index (χ3v) is 0.691. The molecule has 0 fully saturated rings. The first-order chi connectivity index (χ1) is 5.16. The van der Waals surface area contributed by atoms with Crippen LogP contribution >= 0.6 is 0 Å². The molecule has 0 aliphatic carbocycles. The highest BCUT2D eigenvalue weighted by Crippen LogP contribution is 1.90. The Morgan fingerprint density at radius 2 is 1.82 bits per heavy atom. The van der Waals surface area contributed by atoms with Crippen molar-refractivity contribution in [2.75, 3.05) is 7.11 Å². The minimum absolute atomic E-state index is 0.540. The molecular formula is C9H17NO. The number of methoxy groups -OCH3 is 1. The van der Waals surface area contributed by atoms with Crippen molar-refractivity contribution in [3.8, 4) is 0 Å².